The number of benzene rings is 1. The van der Waals surface area contributed by atoms with Crippen LogP contribution in [0.5, 0.6) is 0 Å². The first-order valence-corrected chi connectivity index (χ1v) is 7.73. The average molecular weight is 317 g/mol. The topological polar surface area (TPSA) is 56.1 Å². The van der Waals surface area contributed by atoms with Crippen molar-refractivity contribution in [2.24, 2.45) is 7.05 Å². The molecule has 1 aromatic heterocycles. The molecular weight excluding hydrogens is 297 g/mol. The first kappa shape index (κ1) is 15.7. The fourth-order valence-electron chi connectivity index (χ4n) is 2.87. The summed E-state index contributed by atoms with van der Waals surface area (Å²) in [5, 5.41) is 7.13. The Balaban J connectivity index is 1.85. The Hall–Kier alpha value is -2.21. The predicted molar refractivity (Wildman–Crippen MR) is 83.5 cm³/mol. The summed E-state index contributed by atoms with van der Waals surface area (Å²) in [7, 11) is 1.80. The third-order valence-electron chi connectivity index (χ3n) is 4.33. The smallest absolute Gasteiger partial charge is 0.255 e. The highest BCUT2D eigenvalue weighted by atomic mass is 19.1. The van der Waals surface area contributed by atoms with Crippen LogP contribution in [0.25, 0.3) is 0 Å². The third-order valence-corrected chi connectivity index (χ3v) is 4.33. The van der Waals surface area contributed by atoms with Crippen molar-refractivity contribution in [1.82, 2.24) is 15.1 Å². The van der Waals surface area contributed by atoms with E-state index in [9.17, 15) is 9.18 Å². The van der Waals surface area contributed by atoms with Gasteiger partial charge in [-0.2, -0.15) is 5.10 Å². The summed E-state index contributed by atoms with van der Waals surface area (Å²) < 4.78 is 20.6. The number of nitrogens with one attached hydrogen (secondary N) is 1. The van der Waals surface area contributed by atoms with Crippen LogP contribution in [0.3, 0.4) is 0 Å². The van der Waals surface area contributed by atoms with Crippen LogP contribution in [0.1, 0.15) is 40.5 Å². The molecule has 1 aromatic carbocycles. The molecule has 2 heterocycles. The Morgan fingerprint density at radius 2 is 2.17 bits per heavy atom. The molecule has 5 nitrogen and oxygen atoms in total. The number of aryl methyl sites for hydroxylation is 1. The molecular formula is C17H20FN3O2. The number of ether oxygens (including phenoxy) is 1. The third kappa shape index (κ3) is 3.27. The fraction of sp³-hybridized carbons (Fsp3) is 0.412. The molecule has 0 saturated carbocycles. The molecule has 0 unspecified atom stereocenters. The molecule has 6 heteroatoms. The van der Waals surface area contributed by atoms with Gasteiger partial charge in [0.1, 0.15) is 5.82 Å². The number of carbonyl (C=O) groups excluding carboxylic acids is 1. The maximum Gasteiger partial charge on any atom is 0.255 e. The maximum atomic E-state index is 13.2. The summed E-state index contributed by atoms with van der Waals surface area (Å²) in [6, 6.07) is 5.89. The summed E-state index contributed by atoms with van der Waals surface area (Å²) in [6.07, 6.45) is 3.29. The average Bonchev–Trinajstić information content (AvgIpc) is 3.17. The zero-order chi connectivity index (χ0) is 16.4. The number of nitrogens with zero attached hydrogens (tertiary/aromatic N) is 2. The molecule has 1 aliphatic heterocycles. The highest BCUT2D eigenvalue weighted by molar-refractivity contribution is 5.95. The lowest BCUT2D eigenvalue weighted by atomic mass is 9.98. The molecule has 1 saturated heterocycles. The van der Waals surface area contributed by atoms with Gasteiger partial charge in [0, 0.05) is 19.3 Å². The van der Waals surface area contributed by atoms with Crippen LogP contribution in [-0.4, -0.2) is 28.4 Å². The second kappa shape index (κ2) is 6.50. The fourth-order valence-corrected chi connectivity index (χ4v) is 2.87. The standard InChI is InChI=1S/C17H20FN3O2/c1-11-14(10-19-21(11)2)17(22)20-16(15-4-3-9-23-15)12-5-7-13(18)8-6-12/h5-8,10,15-16H,3-4,9H2,1-2H3,(H,20,22)/t15-,16-/m0/s1. The number of hydrogen-bond donors (Lipinski definition) is 1. The quantitative estimate of drug-likeness (QED) is 0.943. The SMILES string of the molecule is Cc1c(C(=O)N[C@@H](c2ccc(F)cc2)[C@@H]2CCCO2)cnn1C. The van der Waals surface area contributed by atoms with E-state index in [1.807, 2.05) is 6.92 Å². The van der Waals surface area contributed by atoms with Gasteiger partial charge in [-0.1, -0.05) is 12.1 Å². The van der Waals surface area contributed by atoms with Gasteiger partial charge in [0.25, 0.3) is 5.91 Å². The Bertz CT molecular complexity index is 690. The Kier molecular flexibility index (Phi) is 4.43. The number of aromatic nitrogens is 2. The van der Waals surface area contributed by atoms with E-state index in [1.165, 1.54) is 12.1 Å². The van der Waals surface area contributed by atoms with Gasteiger partial charge >= 0.3 is 0 Å². The molecule has 23 heavy (non-hydrogen) atoms. The first-order chi connectivity index (χ1) is 11.1. The van der Waals surface area contributed by atoms with Gasteiger partial charge in [-0.15, -0.1) is 0 Å². The van der Waals surface area contributed by atoms with Crippen molar-refractivity contribution < 1.29 is 13.9 Å². The summed E-state index contributed by atoms with van der Waals surface area (Å²) in [5.41, 5.74) is 2.18. The molecule has 0 bridgehead atoms. The highest BCUT2D eigenvalue weighted by Crippen LogP contribution is 2.27. The van der Waals surface area contributed by atoms with Crippen molar-refractivity contribution in [3.05, 3.63) is 53.1 Å². The van der Waals surface area contributed by atoms with E-state index in [0.717, 1.165) is 24.1 Å². The molecule has 1 amide bonds. The van der Waals surface area contributed by atoms with Gasteiger partial charge in [0.15, 0.2) is 0 Å². The lowest BCUT2D eigenvalue weighted by molar-refractivity contribution is 0.0672. The molecule has 1 fully saturated rings. The van der Waals surface area contributed by atoms with E-state index in [2.05, 4.69) is 10.4 Å². The van der Waals surface area contributed by atoms with Gasteiger partial charge in [0.05, 0.1) is 23.9 Å². The van der Waals surface area contributed by atoms with Crippen molar-refractivity contribution in [2.45, 2.75) is 31.9 Å². The van der Waals surface area contributed by atoms with Crippen LogP contribution >= 0.6 is 0 Å². The van der Waals surface area contributed by atoms with Crippen LogP contribution in [0.2, 0.25) is 0 Å². The van der Waals surface area contributed by atoms with Crippen molar-refractivity contribution in [2.75, 3.05) is 6.61 Å². The van der Waals surface area contributed by atoms with Gasteiger partial charge in [-0.3, -0.25) is 9.48 Å². The maximum absolute atomic E-state index is 13.2. The minimum atomic E-state index is -0.301. The molecule has 1 N–H and O–H groups in total. The second-order valence-corrected chi connectivity index (χ2v) is 5.82. The van der Waals surface area contributed by atoms with Gasteiger partial charge in [0.2, 0.25) is 0 Å². The number of hydrogen-bond acceptors (Lipinski definition) is 3. The lowest BCUT2D eigenvalue weighted by Crippen LogP contribution is -2.36. The van der Waals surface area contributed by atoms with E-state index in [0.29, 0.717) is 12.2 Å². The number of halogens is 1. The summed E-state index contributed by atoms with van der Waals surface area (Å²) in [4.78, 5) is 12.6. The van der Waals surface area contributed by atoms with Crippen LogP contribution in [0, 0.1) is 12.7 Å². The minimum Gasteiger partial charge on any atom is -0.376 e. The molecule has 0 spiro atoms. The minimum absolute atomic E-state index is 0.0959. The number of amides is 1. The van der Waals surface area contributed by atoms with Crippen LogP contribution in [-0.2, 0) is 11.8 Å². The van der Waals surface area contributed by atoms with E-state index >= 15 is 0 Å². The predicted octanol–water partition coefficient (Wildman–Crippen LogP) is 2.52. The molecule has 2 aromatic rings. The Morgan fingerprint density at radius 3 is 2.74 bits per heavy atom. The molecule has 2 atom stereocenters. The molecule has 1 aliphatic rings. The Labute approximate surface area is 134 Å². The van der Waals surface area contributed by atoms with Crippen molar-refractivity contribution in [3.63, 3.8) is 0 Å². The highest BCUT2D eigenvalue weighted by Gasteiger charge is 2.29. The van der Waals surface area contributed by atoms with Crippen molar-refractivity contribution in [1.29, 1.82) is 0 Å². The molecule has 0 radical (unpaired) electrons. The number of rotatable bonds is 4. The summed E-state index contributed by atoms with van der Waals surface area (Å²) in [5.74, 6) is -0.491. The zero-order valence-electron chi connectivity index (χ0n) is 13.3. The monoisotopic (exact) mass is 317 g/mol. The van der Waals surface area contributed by atoms with E-state index < -0.39 is 0 Å². The molecule has 3 rings (SSSR count). The zero-order valence-corrected chi connectivity index (χ0v) is 13.3. The van der Waals surface area contributed by atoms with Gasteiger partial charge < -0.3 is 10.1 Å². The normalized spacial score (nSPS) is 18.8. The van der Waals surface area contributed by atoms with Gasteiger partial charge in [-0.05, 0) is 37.5 Å². The van der Waals surface area contributed by atoms with E-state index in [4.69, 9.17) is 4.74 Å². The van der Waals surface area contributed by atoms with Crippen LogP contribution < -0.4 is 5.32 Å². The van der Waals surface area contributed by atoms with E-state index in [1.54, 1.807) is 30.1 Å². The molecule has 0 aliphatic carbocycles. The largest absolute Gasteiger partial charge is 0.376 e. The second-order valence-electron chi connectivity index (χ2n) is 5.82. The number of carbonyl (C=O) groups is 1. The van der Waals surface area contributed by atoms with Crippen LogP contribution in [0.4, 0.5) is 4.39 Å². The molecule has 122 valence electrons. The van der Waals surface area contributed by atoms with Crippen molar-refractivity contribution in [3.8, 4) is 0 Å². The van der Waals surface area contributed by atoms with Crippen LogP contribution in [0.15, 0.2) is 30.5 Å². The Morgan fingerprint density at radius 1 is 1.43 bits per heavy atom. The van der Waals surface area contributed by atoms with E-state index in [-0.39, 0.29) is 23.9 Å². The first-order valence-electron chi connectivity index (χ1n) is 7.73. The lowest BCUT2D eigenvalue weighted by Gasteiger charge is -2.24. The summed E-state index contributed by atoms with van der Waals surface area (Å²) in [6.45, 7) is 2.53. The van der Waals surface area contributed by atoms with Crippen molar-refractivity contribution >= 4 is 5.91 Å². The van der Waals surface area contributed by atoms with Gasteiger partial charge in [-0.25, -0.2) is 4.39 Å². The summed E-state index contributed by atoms with van der Waals surface area (Å²) >= 11 is 0.